The van der Waals surface area contributed by atoms with E-state index in [0.717, 1.165) is 4.88 Å². The second kappa shape index (κ2) is 3.98. The quantitative estimate of drug-likeness (QED) is 0.726. The van der Waals surface area contributed by atoms with Crippen LogP contribution in [0.25, 0.3) is 0 Å². The maximum atomic E-state index is 9.80. The van der Waals surface area contributed by atoms with Crippen LogP contribution in [-0.4, -0.2) is 29.3 Å². The van der Waals surface area contributed by atoms with Crippen LogP contribution in [0.3, 0.4) is 0 Å². The molecule has 0 fully saturated rings. The third-order valence-corrected chi connectivity index (χ3v) is 2.38. The second-order valence-electron chi connectivity index (χ2n) is 3.17. The zero-order valence-electron chi connectivity index (χ0n) is 7.37. The molecule has 0 bridgehead atoms. The summed E-state index contributed by atoms with van der Waals surface area (Å²) in [5, 5.41) is 12.8. The normalized spacial score (nSPS) is 15.9. The van der Waals surface area contributed by atoms with Crippen molar-refractivity contribution in [2.45, 2.75) is 18.9 Å². The van der Waals surface area contributed by atoms with Gasteiger partial charge in [0.1, 0.15) is 0 Å². The third kappa shape index (κ3) is 2.89. The van der Waals surface area contributed by atoms with E-state index in [-0.39, 0.29) is 0 Å². The predicted octanol–water partition coefficient (Wildman–Crippen LogP) is 0.656. The molecule has 1 atom stereocenters. The number of rotatable bonds is 4. The Bertz CT molecular complexity index is 221. The molecular weight excluding hydrogens is 172 g/mol. The van der Waals surface area contributed by atoms with Crippen molar-refractivity contribution in [3.63, 3.8) is 0 Å². The van der Waals surface area contributed by atoms with Gasteiger partial charge in [0.05, 0.1) is 11.1 Å². The maximum absolute atomic E-state index is 9.80. The monoisotopic (exact) mass is 186 g/mol. The first-order chi connectivity index (χ1) is 5.64. The summed E-state index contributed by atoms with van der Waals surface area (Å²) in [6.45, 7) is 2.42. The van der Waals surface area contributed by atoms with Crippen molar-refractivity contribution in [2.24, 2.45) is 0 Å². The van der Waals surface area contributed by atoms with E-state index in [1.165, 1.54) is 0 Å². The SMILES string of the molecule is CNCC(C)(O)Cc1cncs1. The Labute approximate surface area is 76.5 Å². The first-order valence-electron chi connectivity index (χ1n) is 3.88. The lowest BCUT2D eigenvalue weighted by Crippen LogP contribution is -2.37. The first-order valence-corrected chi connectivity index (χ1v) is 4.76. The standard InChI is InChI=1S/C8H14N2OS/c1-8(11,5-9-2)3-7-4-10-6-12-7/h4,6,9,11H,3,5H2,1-2H3. The van der Waals surface area contributed by atoms with E-state index in [9.17, 15) is 5.11 Å². The fourth-order valence-corrected chi connectivity index (χ4v) is 1.92. The van der Waals surface area contributed by atoms with Gasteiger partial charge in [-0.3, -0.25) is 4.98 Å². The van der Waals surface area contributed by atoms with Crippen LogP contribution in [0.1, 0.15) is 11.8 Å². The summed E-state index contributed by atoms with van der Waals surface area (Å²) in [4.78, 5) is 5.07. The summed E-state index contributed by atoms with van der Waals surface area (Å²) in [6.07, 6.45) is 2.47. The Morgan fingerprint density at radius 3 is 3.00 bits per heavy atom. The highest BCUT2D eigenvalue weighted by Gasteiger charge is 2.20. The zero-order valence-corrected chi connectivity index (χ0v) is 8.19. The molecule has 0 saturated heterocycles. The highest BCUT2D eigenvalue weighted by atomic mass is 32.1. The summed E-state index contributed by atoms with van der Waals surface area (Å²) in [7, 11) is 1.83. The second-order valence-corrected chi connectivity index (χ2v) is 4.14. The topological polar surface area (TPSA) is 45.1 Å². The lowest BCUT2D eigenvalue weighted by Gasteiger charge is -2.21. The van der Waals surface area contributed by atoms with Crippen molar-refractivity contribution in [1.82, 2.24) is 10.3 Å². The maximum Gasteiger partial charge on any atom is 0.0794 e. The van der Waals surface area contributed by atoms with Crippen LogP contribution >= 0.6 is 11.3 Å². The van der Waals surface area contributed by atoms with Gasteiger partial charge in [0.25, 0.3) is 0 Å². The van der Waals surface area contributed by atoms with Crippen LogP contribution in [0.15, 0.2) is 11.7 Å². The Hall–Kier alpha value is -0.450. The molecule has 0 spiro atoms. The summed E-state index contributed by atoms with van der Waals surface area (Å²) in [5.41, 5.74) is 1.12. The van der Waals surface area contributed by atoms with Crippen LogP contribution in [0.2, 0.25) is 0 Å². The van der Waals surface area contributed by atoms with Gasteiger partial charge in [-0.25, -0.2) is 0 Å². The third-order valence-electron chi connectivity index (χ3n) is 1.60. The number of nitrogens with one attached hydrogen (secondary N) is 1. The van der Waals surface area contributed by atoms with E-state index >= 15 is 0 Å². The van der Waals surface area contributed by atoms with Gasteiger partial charge >= 0.3 is 0 Å². The molecule has 1 heterocycles. The number of nitrogens with zero attached hydrogens (tertiary/aromatic N) is 1. The highest BCUT2D eigenvalue weighted by molar-refractivity contribution is 7.09. The van der Waals surface area contributed by atoms with Crippen molar-refractivity contribution in [3.8, 4) is 0 Å². The molecule has 1 unspecified atom stereocenters. The Balaban J connectivity index is 2.50. The van der Waals surface area contributed by atoms with E-state index in [2.05, 4.69) is 10.3 Å². The van der Waals surface area contributed by atoms with Gasteiger partial charge < -0.3 is 10.4 Å². The lowest BCUT2D eigenvalue weighted by atomic mass is 10.0. The van der Waals surface area contributed by atoms with Gasteiger partial charge in [-0.2, -0.15) is 0 Å². The molecule has 2 N–H and O–H groups in total. The molecule has 0 radical (unpaired) electrons. The fourth-order valence-electron chi connectivity index (χ4n) is 1.15. The minimum Gasteiger partial charge on any atom is -0.388 e. The molecule has 1 rings (SSSR count). The summed E-state index contributed by atoms with van der Waals surface area (Å²) < 4.78 is 0. The molecule has 0 aliphatic heterocycles. The lowest BCUT2D eigenvalue weighted by molar-refractivity contribution is 0.0630. The van der Waals surface area contributed by atoms with E-state index in [0.29, 0.717) is 13.0 Å². The molecule has 0 saturated carbocycles. The Morgan fingerprint density at radius 2 is 2.50 bits per heavy atom. The molecular formula is C8H14N2OS. The van der Waals surface area contributed by atoms with Crippen LogP contribution in [0, 0.1) is 0 Å². The van der Waals surface area contributed by atoms with Crippen LogP contribution < -0.4 is 5.32 Å². The van der Waals surface area contributed by atoms with Gasteiger partial charge in [-0.1, -0.05) is 0 Å². The molecule has 12 heavy (non-hydrogen) atoms. The minimum atomic E-state index is -0.665. The van der Waals surface area contributed by atoms with Crippen molar-refractivity contribution in [1.29, 1.82) is 0 Å². The average Bonchev–Trinajstić information content (AvgIpc) is 2.38. The van der Waals surface area contributed by atoms with Crippen LogP contribution in [0.5, 0.6) is 0 Å². The number of thiazole rings is 1. The van der Waals surface area contributed by atoms with E-state index in [1.54, 1.807) is 23.0 Å². The van der Waals surface area contributed by atoms with Crippen molar-refractivity contribution in [2.75, 3.05) is 13.6 Å². The largest absolute Gasteiger partial charge is 0.388 e. The molecule has 1 aromatic heterocycles. The van der Waals surface area contributed by atoms with Gasteiger partial charge in [0, 0.05) is 24.0 Å². The number of aliphatic hydroxyl groups is 1. The molecule has 68 valence electrons. The fraction of sp³-hybridized carbons (Fsp3) is 0.625. The summed E-state index contributed by atoms with van der Waals surface area (Å²) >= 11 is 1.58. The Kier molecular flexibility index (Phi) is 3.20. The highest BCUT2D eigenvalue weighted by Crippen LogP contribution is 2.15. The number of aromatic nitrogens is 1. The Morgan fingerprint density at radius 1 is 1.75 bits per heavy atom. The van der Waals surface area contributed by atoms with Crippen LogP contribution in [-0.2, 0) is 6.42 Å². The summed E-state index contributed by atoms with van der Waals surface area (Å²) in [5.74, 6) is 0. The summed E-state index contributed by atoms with van der Waals surface area (Å²) in [6, 6.07) is 0. The molecule has 1 aromatic rings. The molecule has 3 nitrogen and oxygen atoms in total. The van der Waals surface area contributed by atoms with E-state index in [4.69, 9.17) is 0 Å². The van der Waals surface area contributed by atoms with E-state index < -0.39 is 5.60 Å². The molecule has 0 aromatic carbocycles. The van der Waals surface area contributed by atoms with Gasteiger partial charge in [-0.05, 0) is 14.0 Å². The van der Waals surface area contributed by atoms with Crippen molar-refractivity contribution in [3.05, 3.63) is 16.6 Å². The zero-order chi connectivity index (χ0) is 9.03. The molecule has 0 amide bonds. The number of hydrogen-bond acceptors (Lipinski definition) is 4. The minimum absolute atomic E-state index is 0.602. The molecule has 0 aliphatic rings. The average molecular weight is 186 g/mol. The smallest absolute Gasteiger partial charge is 0.0794 e. The first kappa shape index (κ1) is 9.64. The van der Waals surface area contributed by atoms with Crippen molar-refractivity contribution < 1.29 is 5.11 Å². The predicted molar refractivity (Wildman–Crippen MR) is 50.4 cm³/mol. The van der Waals surface area contributed by atoms with E-state index in [1.807, 2.05) is 14.0 Å². The van der Waals surface area contributed by atoms with Gasteiger partial charge in [-0.15, -0.1) is 11.3 Å². The number of hydrogen-bond donors (Lipinski definition) is 2. The van der Waals surface area contributed by atoms with Gasteiger partial charge in [0.15, 0.2) is 0 Å². The van der Waals surface area contributed by atoms with Gasteiger partial charge in [0.2, 0.25) is 0 Å². The molecule has 4 heteroatoms. The van der Waals surface area contributed by atoms with Crippen molar-refractivity contribution >= 4 is 11.3 Å². The number of likely N-dealkylation sites (N-methyl/N-ethyl adjacent to an activating group) is 1. The molecule has 0 aliphatic carbocycles. The van der Waals surface area contributed by atoms with Crippen LogP contribution in [0.4, 0.5) is 0 Å².